The lowest BCUT2D eigenvalue weighted by Crippen LogP contribution is -2.46. The Kier molecular flexibility index (Phi) is 4.24. The quantitative estimate of drug-likeness (QED) is 0.251. The van der Waals surface area contributed by atoms with Gasteiger partial charge in [0.05, 0.1) is 24.7 Å². The van der Waals surface area contributed by atoms with Gasteiger partial charge in [-0.2, -0.15) is 4.79 Å². The van der Waals surface area contributed by atoms with Gasteiger partial charge >= 0.3 is 12.2 Å². The molecule has 0 unspecified atom stereocenters. The second-order valence-corrected chi connectivity index (χ2v) is 4.47. The lowest BCUT2D eigenvalue weighted by atomic mass is 10.1. The molecule has 1 aromatic rings. The van der Waals surface area contributed by atoms with Crippen LogP contribution in [0.15, 0.2) is 24.3 Å². The molecule has 0 aliphatic carbocycles. The van der Waals surface area contributed by atoms with Gasteiger partial charge in [-0.25, -0.2) is 0 Å². The summed E-state index contributed by atoms with van der Waals surface area (Å²) in [5.74, 6) is -3.01. The first kappa shape index (κ1) is 15.3. The Labute approximate surface area is 124 Å². The first-order valence-electron chi connectivity index (χ1n) is 6.26. The van der Waals surface area contributed by atoms with Crippen molar-refractivity contribution in [3.63, 3.8) is 0 Å². The predicted molar refractivity (Wildman–Crippen MR) is 72.1 cm³/mol. The van der Waals surface area contributed by atoms with Crippen LogP contribution in [-0.4, -0.2) is 52.6 Å². The van der Waals surface area contributed by atoms with E-state index in [9.17, 15) is 19.2 Å². The highest BCUT2D eigenvalue weighted by Crippen LogP contribution is 2.25. The molecule has 0 spiro atoms. The molecular weight excluding hydrogens is 290 g/mol. The molecule has 0 N–H and O–H groups in total. The van der Waals surface area contributed by atoms with Gasteiger partial charge in [0, 0.05) is 0 Å². The number of fused-ring (bicyclic) bond motifs is 1. The third kappa shape index (κ3) is 2.55. The Balaban J connectivity index is 2.43. The summed E-state index contributed by atoms with van der Waals surface area (Å²) in [5.41, 5.74) is 8.77. The number of Topliss-reactive ketones (excluding diaryl/α,β-unsaturated/α-hetero) is 1. The monoisotopic (exact) mass is 301 g/mol. The number of methoxy groups -OCH3 is 1. The number of carbonyl (C=O) groups is 4. The van der Waals surface area contributed by atoms with Crippen molar-refractivity contribution in [1.82, 2.24) is 4.90 Å². The normalized spacial score (nSPS) is 14.1. The van der Waals surface area contributed by atoms with Crippen LogP contribution in [0.5, 0.6) is 0 Å². The minimum Gasteiger partial charge on any atom is -0.469 e. The van der Waals surface area contributed by atoms with Gasteiger partial charge in [-0.15, -0.1) is 0 Å². The lowest BCUT2D eigenvalue weighted by molar-refractivity contribution is -0.143. The number of esters is 1. The molecule has 2 amide bonds. The maximum Gasteiger partial charge on any atom is 0.325 e. The number of hydrogen-bond donors (Lipinski definition) is 0. The summed E-state index contributed by atoms with van der Waals surface area (Å²) in [6.45, 7) is 0. The van der Waals surface area contributed by atoms with Crippen LogP contribution in [-0.2, 0) is 14.3 Å². The molecule has 1 heterocycles. The van der Waals surface area contributed by atoms with E-state index in [0.29, 0.717) is 11.1 Å². The molecule has 1 aliphatic rings. The van der Waals surface area contributed by atoms with Crippen LogP contribution in [0.1, 0.15) is 27.1 Å². The fraction of sp³-hybridized carbons (Fsp3) is 0.214. The molecule has 0 saturated carbocycles. The lowest BCUT2D eigenvalue weighted by Gasteiger charge is -2.21. The first-order valence-corrected chi connectivity index (χ1v) is 6.26. The van der Waals surface area contributed by atoms with Gasteiger partial charge < -0.3 is 10.3 Å². The fourth-order valence-electron chi connectivity index (χ4n) is 2.19. The van der Waals surface area contributed by atoms with E-state index < -0.39 is 36.0 Å². The number of carbonyl (C=O) groups excluding carboxylic acids is 4. The summed E-state index contributed by atoms with van der Waals surface area (Å²) in [6, 6.07) is 4.65. The second-order valence-electron chi connectivity index (χ2n) is 4.47. The molecule has 8 nitrogen and oxygen atoms in total. The minimum absolute atomic E-state index is 0.149. The summed E-state index contributed by atoms with van der Waals surface area (Å²) in [6.07, 6.45) is 0.0178. The van der Waals surface area contributed by atoms with E-state index in [-0.39, 0.29) is 11.1 Å². The van der Waals surface area contributed by atoms with Crippen molar-refractivity contribution in [1.29, 1.82) is 0 Å². The molecule has 1 aliphatic heterocycles. The Morgan fingerprint density at radius 2 is 1.82 bits per heavy atom. The molecule has 1 aromatic carbocycles. The molecule has 0 fully saturated rings. The second kappa shape index (κ2) is 6.11. The van der Waals surface area contributed by atoms with Crippen molar-refractivity contribution in [2.45, 2.75) is 12.5 Å². The van der Waals surface area contributed by atoms with Crippen LogP contribution in [0, 0.1) is 0 Å². The van der Waals surface area contributed by atoms with E-state index >= 15 is 0 Å². The van der Waals surface area contributed by atoms with Crippen molar-refractivity contribution in [3.05, 3.63) is 40.9 Å². The number of imide groups is 1. The van der Waals surface area contributed by atoms with Crippen molar-refractivity contribution in [2.24, 2.45) is 0 Å². The van der Waals surface area contributed by atoms with Crippen LogP contribution >= 0.6 is 0 Å². The van der Waals surface area contributed by atoms with E-state index in [2.05, 4.69) is 9.53 Å². The highest BCUT2D eigenvalue weighted by molar-refractivity contribution is 6.32. The average molecular weight is 301 g/mol. The summed E-state index contributed by atoms with van der Waals surface area (Å²) in [4.78, 5) is 51.3. The van der Waals surface area contributed by atoms with Crippen LogP contribution in [0.3, 0.4) is 0 Å². The number of benzene rings is 1. The summed E-state index contributed by atoms with van der Waals surface area (Å²) in [7, 11) is 1.12. The zero-order valence-corrected chi connectivity index (χ0v) is 11.6. The summed E-state index contributed by atoms with van der Waals surface area (Å²) in [5, 5.41) is 0. The van der Waals surface area contributed by atoms with Crippen molar-refractivity contribution < 1.29 is 28.7 Å². The van der Waals surface area contributed by atoms with Gasteiger partial charge in [0.25, 0.3) is 17.6 Å². The van der Waals surface area contributed by atoms with Crippen LogP contribution in [0.4, 0.5) is 0 Å². The van der Waals surface area contributed by atoms with Gasteiger partial charge in [-0.3, -0.25) is 24.1 Å². The minimum atomic E-state index is -1.42. The third-order valence-corrected chi connectivity index (χ3v) is 3.24. The number of rotatable bonds is 5. The highest BCUT2D eigenvalue weighted by Gasteiger charge is 2.44. The number of amides is 2. The highest BCUT2D eigenvalue weighted by atomic mass is 16.5. The topological polar surface area (TPSA) is 117 Å². The third-order valence-electron chi connectivity index (χ3n) is 3.24. The van der Waals surface area contributed by atoms with Gasteiger partial charge in [0.15, 0.2) is 0 Å². The molecule has 1 atom stereocenters. The van der Waals surface area contributed by atoms with Crippen LogP contribution in [0.2, 0.25) is 0 Å². The first-order chi connectivity index (χ1) is 10.5. The standard InChI is InChI=1S/C14H11N3O5/c1-22-12(19)6-10(11(18)7-16-15)17-13(20)8-4-2-3-5-9(8)14(17)21/h2-5,7,10H,6H2,1H3/t10-/m0/s1. The number of nitrogens with zero attached hydrogens (tertiary/aromatic N) is 3. The zero-order valence-electron chi connectivity index (χ0n) is 11.6. The van der Waals surface area contributed by atoms with Crippen molar-refractivity contribution >= 4 is 29.8 Å². The van der Waals surface area contributed by atoms with Crippen LogP contribution < -0.4 is 0 Å². The molecule has 8 heteroatoms. The van der Waals surface area contributed by atoms with Crippen molar-refractivity contribution in [3.8, 4) is 0 Å². The molecular formula is C14H11N3O5. The smallest absolute Gasteiger partial charge is 0.325 e. The summed E-state index contributed by atoms with van der Waals surface area (Å²) >= 11 is 0. The van der Waals surface area contributed by atoms with Crippen LogP contribution in [0.25, 0.3) is 5.53 Å². The Bertz CT molecular complexity index is 686. The number of ether oxygens (including phenoxy) is 1. The fourth-order valence-corrected chi connectivity index (χ4v) is 2.19. The molecule has 0 saturated heterocycles. The maximum absolute atomic E-state index is 12.3. The average Bonchev–Trinajstić information content (AvgIpc) is 2.77. The van der Waals surface area contributed by atoms with Crippen molar-refractivity contribution in [2.75, 3.05) is 7.11 Å². The van der Waals surface area contributed by atoms with E-state index in [4.69, 9.17) is 5.53 Å². The molecule has 112 valence electrons. The Hall–Kier alpha value is -3.12. The Morgan fingerprint density at radius 1 is 1.27 bits per heavy atom. The van der Waals surface area contributed by atoms with Gasteiger partial charge in [0.2, 0.25) is 0 Å². The summed E-state index contributed by atoms with van der Waals surface area (Å²) < 4.78 is 4.47. The molecule has 0 radical (unpaired) electrons. The van der Waals surface area contributed by atoms with E-state index in [1.54, 1.807) is 12.1 Å². The molecule has 0 aromatic heterocycles. The van der Waals surface area contributed by atoms with E-state index in [1.165, 1.54) is 12.1 Å². The predicted octanol–water partition coefficient (Wildman–Crippen LogP) is 0.0840. The molecule has 0 bridgehead atoms. The Morgan fingerprint density at radius 3 is 2.27 bits per heavy atom. The molecule has 22 heavy (non-hydrogen) atoms. The molecule has 2 rings (SSSR count). The van der Waals surface area contributed by atoms with Gasteiger partial charge in [-0.05, 0) is 12.1 Å². The largest absolute Gasteiger partial charge is 0.469 e. The number of hydrogen-bond acceptors (Lipinski definition) is 5. The van der Waals surface area contributed by atoms with E-state index in [0.717, 1.165) is 7.11 Å². The number of ketones is 1. The van der Waals surface area contributed by atoms with Gasteiger partial charge in [-0.1, -0.05) is 12.1 Å². The SMILES string of the molecule is COC(=O)C[C@@H](C(=O)C=[N+]=[N-])N1C(=O)c2ccccc2C1=O. The van der Waals surface area contributed by atoms with E-state index in [1.807, 2.05) is 0 Å². The zero-order chi connectivity index (χ0) is 16.3. The maximum atomic E-state index is 12.3. The van der Waals surface area contributed by atoms with Gasteiger partial charge in [0.1, 0.15) is 6.04 Å².